The van der Waals surface area contributed by atoms with Crippen LogP contribution in [0.2, 0.25) is 0 Å². The highest BCUT2D eigenvalue weighted by molar-refractivity contribution is 5.85. The van der Waals surface area contributed by atoms with E-state index in [-0.39, 0.29) is 11.4 Å². The number of hydrogen-bond acceptors (Lipinski definition) is 1. The highest BCUT2D eigenvalue weighted by Gasteiger charge is 2.43. The van der Waals surface area contributed by atoms with Crippen LogP contribution < -0.4 is 5.32 Å². The number of benzene rings is 1. The Bertz CT molecular complexity index is 323. The van der Waals surface area contributed by atoms with Crippen molar-refractivity contribution in [1.29, 1.82) is 0 Å². The maximum atomic E-state index is 11.1. The van der Waals surface area contributed by atoms with Crippen molar-refractivity contribution in [3.05, 3.63) is 35.9 Å². The topological polar surface area (TPSA) is 29.1 Å². The van der Waals surface area contributed by atoms with E-state index in [0.717, 1.165) is 12.8 Å². The summed E-state index contributed by atoms with van der Waals surface area (Å²) in [5.74, 6) is 0.169. The lowest BCUT2D eigenvalue weighted by atomic mass is 9.77. The van der Waals surface area contributed by atoms with Gasteiger partial charge in [0.15, 0.2) is 0 Å². The second-order valence-electron chi connectivity index (χ2n) is 3.92. The third kappa shape index (κ3) is 1.41. The van der Waals surface area contributed by atoms with E-state index in [0.29, 0.717) is 6.42 Å². The van der Waals surface area contributed by atoms with Crippen molar-refractivity contribution in [2.45, 2.75) is 31.7 Å². The van der Waals surface area contributed by atoms with Crippen LogP contribution in [0.3, 0.4) is 0 Å². The van der Waals surface area contributed by atoms with Crippen LogP contribution >= 0.6 is 0 Å². The summed E-state index contributed by atoms with van der Waals surface area (Å²) >= 11 is 0. The van der Waals surface area contributed by atoms with Gasteiger partial charge in [-0.1, -0.05) is 43.7 Å². The fourth-order valence-electron chi connectivity index (χ4n) is 2.18. The van der Waals surface area contributed by atoms with Crippen molar-refractivity contribution in [3.63, 3.8) is 0 Å². The lowest BCUT2D eigenvalue weighted by Crippen LogP contribution is -2.58. The molecule has 1 fully saturated rings. The molecule has 0 saturated carbocycles. The summed E-state index contributed by atoms with van der Waals surface area (Å²) < 4.78 is 0. The normalized spacial score (nSPS) is 25.4. The molecule has 1 saturated heterocycles. The molecule has 1 unspecified atom stereocenters. The van der Waals surface area contributed by atoms with E-state index < -0.39 is 0 Å². The van der Waals surface area contributed by atoms with Gasteiger partial charge in [0.25, 0.3) is 0 Å². The Kier molecular flexibility index (Phi) is 2.28. The van der Waals surface area contributed by atoms with Gasteiger partial charge in [-0.15, -0.1) is 0 Å². The minimum absolute atomic E-state index is 0.0624. The number of hydrogen-bond donors (Lipinski definition) is 1. The minimum Gasteiger partial charge on any atom is -0.346 e. The molecular formula is C12H15NO. The molecule has 1 aliphatic heterocycles. The third-order valence-corrected chi connectivity index (χ3v) is 2.84. The van der Waals surface area contributed by atoms with Crippen molar-refractivity contribution in [2.24, 2.45) is 0 Å². The largest absolute Gasteiger partial charge is 0.346 e. The number of β-lactam (4-membered cyclic amide) rings is 1. The van der Waals surface area contributed by atoms with Crippen molar-refractivity contribution in [3.8, 4) is 0 Å². The van der Waals surface area contributed by atoms with Crippen LogP contribution in [-0.4, -0.2) is 5.91 Å². The maximum Gasteiger partial charge on any atom is 0.223 e. The number of amides is 1. The molecule has 0 radical (unpaired) electrons. The molecule has 0 aliphatic carbocycles. The molecule has 2 nitrogen and oxygen atoms in total. The molecule has 0 spiro atoms. The Hall–Kier alpha value is -1.31. The van der Waals surface area contributed by atoms with E-state index in [1.165, 1.54) is 5.56 Å². The summed E-state index contributed by atoms with van der Waals surface area (Å²) in [6.45, 7) is 2.15. The standard InChI is InChI=1S/C12H15NO/c1-2-8-12(9-11(14)13-12)10-6-4-3-5-7-10/h3-7H,2,8-9H2,1H3,(H,13,14). The molecule has 1 amide bonds. The fraction of sp³-hybridized carbons (Fsp3) is 0.417. The van der Waals surface area contributed by atoms with Crippen LogP contribution in [0.5, 0.6) is 0 Å². The van der Waals surface area contributed by atoms with Gasteiger partial charge >= 0.3 is 0 Å². The summed E-state index contributed by atoms with van der Waals surface area (Å²) in [7, 11) is 0. The number of nitrogens with one attached hydrogen (secondary N) is 1. The van der Waals surface area contributed by atoms with Gasteiger partial charge in [-0.2, -0.15) is 0 Å². The molecule has 1 heterocycles. The monoisotopic (exact) mass is 189 g/mol. The molecule has 1 aromatic rings. The molecule has 1 N–H and O–H groups in total. The molecule has 2 rings (SSSR count). The average Bonchev–Trinajstić information content (AvgIpc) is 2.17. The summed E-state index contributed by atoms with van der Waals surface area (Å²) in [6.07, 6.45) is 2.77. The summed E-state index contributed by atoms with van der Waals surface area (Å²) in [5, 5.41) is 3.03. The zero-order chi connectivity index (χ0) is 10.0. The van der Waals surface area contributed by atoms with Crippen molar-refractivity contribution < 1.29 is 4.79 Å². The first kappa shape index (κ1) is 9.25. The summed E-state index contributed by atoms with van der Waals surface area (Å²) in [5.41, 5.74) is 1.18. The fourth-order valence-corrected chi connectivity index (χ4v) is 2.18. The zero-order valence-corrected chi connectivity index (χ0v) is 8.42. The molecule has 1 atom stereocenters. The Labute approximate surface area is 84.3 Å². The summed E-state index contributed by atoms with van der Waals surface area (Å²) in [4.78, 5) is 11.1. The zero-order valence-electron chi connectivity index (χ0n) is 8.42. The molecule has 1 aliphatic rings. The first-order valence-corrected chi connectivity index (χ1v) is 5.13. The predicted molar refractivity (Wildman–Crippen MR) is 55.8 cm³/mol. The van der Waals surface area contributed by atoms with Crippen molar-refractivity contribution >= 4 is 5.91 Å². The second kappa shape index (κ2) is 3.45. The molecule has 1 aromatic carbocycles. The van der Waals surface area contributed by atoms with E-state index in [9.17, 15) is 4.79 Å². The third-order valence-electron chi connectivity index (χ3n) is 2.84. The second-order valence-corrected chi connectivity index (χ2v) is 3.92. The van der Waals surface area contributed by atoms with Crippen molar-refractivity contribution in [2.75, 3.05) is 0 Å². The minimum atomic E-state index is -0.0624. The SMILES string of the molecule is CCCC1(c2ccccc2)CC(=O)N1. The number of rotatable bonds is 3. The van der Waals surface area contributed by atoms with Gasteiger partial charge in [-0.25, -0.2) is 0 Å². The first-order valence-electron chi connectivity index (χ1n) is 5.13. The van der Waals surface area contributed by atoms with E-state index in [1.807, 2.05) is 18.2 Å². The van der Waals surface area contributed by atoms with Crippen molar-refractivity contribution in [1.82, 2.24) is 5.32 Å². The lowest BCUT2D eigenvalue weighted by molar-refractivity contribution is -0.133. The number of carbonyl (C=O) groups is 1. The van der Waals surface area contributed by atoms with E-state index >= 15 is 0 Å². The molecule has 14 heavy (non-hydrogen) atoms. The Morgan fingerprint density at radius 1 is 1.36 bits per heavy atom. The lowest BCUT2D eigenvalue weighted by Gasteiger charge is -2.42. The van der Waals surface area contributed by atoms with Crippen LogP contribution in [0.1, 0.15) is 31.7 Å². The average molecular weight is 189 g/mol. The molecular weight excluding hydrogens is 174 g/mol. The van der Waals surface area contributed by atoms with Gasteiger partial charge in [0, 0.05) is 0 Å². The number of carbonyl (C=O) groups excluding carboxylic acids is 1. The molecule has 0 aromatic heterocycles. The van der Waals surface area contributed by atoms with E-state index in [1.54, 1.807) is 0 Å². The maximum absolute atomic E-state index is 11.1. The smallest absolute Gasteiger partial charge is 0.223 e. The van der Waals surface area contributed by atoms with Gasteiger partial charge in [0.1, 0.15) is 0 Å². The van der Waals surface area contributed by atoms with Gasteiger partial charge in [-0.05, 0) is 12.0 Å². The predicted octanol–water partition coefficient (Wildman–Crippen LogP) is 2.20. The molecule has 74 valence electrons. The highest BCUT2D eigenvalue weighted by Crippen LogP contribution is 2.36. The first-order chi connectivity index (χ1) is 6.77. The Morgan fingerprint density at radius 2 is 2.00 bits per heavy atom. The van der Waals surface area contributed by atoms with Crippen LogP contribution in [-0.2, 0) is 10.3 Å². The molecule has 2 heteroatoms. The highest BCUT2D eigenvalue weighted by atomic mass is 16.2. The van der Waals surface area contributed by atoms with E-state index in [2.05, 4.69) is 24.4 Å². The van der Waals surface area contributed by atoms with Crippen LogP contribution in [0.25, 0.3) is 0 Å². The van der Waals surface area contributed by atoms with E-state index in [4.69, 9.17) is 0 Å². The van der Waals surface area contributed by atoms with Crippen LogP contribution in [0, 0.1) is 0 Å². The quantitative estimate of drug-likeness (QED) is 0.726. The molecule has 0 bridgehead atoms. The van der Waals surface area contributed by atoms with Gasteiger partial charge in [-0.3, -0.25) is 4.79 Å². The van der Waals surface area contributed by atoms with Crippen LogP contribution in [0.15, 0.2) is 30.3 Å². The van der Waals surface area contributed by atoms with Crippen LogP contribution in [0.4, 0.5) is 0 Å². The Balaban J connectivity index is 2.24. The Morgan fingerprint density at radius 3 is 2.50 bits per heavy atom. The van der Waals surface area contributed by atoms with Gasteiger partial charge in [0.2, 0.25) is 5.91 Å². The van der Waals surface area contributed by atoms with Gasteiger partial charge in [0.05, 0.1) is 12.0 Å². The summed E-state index contributed by atoms with van der Waals surface area (Å²) in [6, 6.07) is 10.2. The van der Waals surface area contributed by atoms with Gasteiger partial charge < -0.3 is 5.32 Å².